The highest BCUT2D eigenvalue weighted by molar-refractivity contribution is 6.00. The number of nitrogens with one attached hydrogen (secondary N) is 1. The molecule has 22 heavy (non-hydrogen) atoms. The third-order valence-corrected chi connectivity index (χ3v) is 4.20. The molecule has 2 aliphatic rings. The van der Waals surface area contributed by atoms with E-state index in [1.807, 2.05) is 7.05 Å². The van der Waals surface area contributed by atoms with Gasteiger partial charge in [-0.2, -0.15) is 0 Å². The minimum Gasteiger partial charge on any atom is -0.368 e. The van der Waals surface area contributed by atoms with Gasteiger partial charge in [-0.1, -0.05) is 18.7 Å². The van der Waals surface area contributed by atoms with Crippen molar-refractivity contribution in [1.82, 2.24) is 5.32 Å². The molecule has 0 aliphatic carbocycles. The smallest absolute Gasteiger partial charge is 0.128 e. The normalized spacial score (nSPS) is 16.6. The highest BCUT2D eigenvalue weighted by atomic mass is 15.4. The Bertz CT molecular complexity index is 761. The van der Waals surface area contributed by atoms with Crippen LogP contribution in [0.1, 0.15) is 5.56 Å². The summed E-state index contributed by atoms with van der Waals surface area (Å²) in [6.07, 6.45) is 0. The van der Waals surface area contributed by atoms with Gasteiger partial charge < -0.3 is 10.2 Å². The van der Waals surface area contributed by atoms with Crippen LogP contribution in [0.15, 0.2) is 65.9 Å². The molecule has 0 atom stereocenters. The van der Waals surface area contributed by atoms with E-state index in [0.717, 1.165) is 36.0 Å². The van der Waals surface area contributed by atoms with Crippen LogP contribution < -0.4 is 15.1 Å². The number of fused-ring (bicyclic) bond motifs is 1. The standard InChI is InChI=1S/C18H18N4/c1-13-21(2)16-5-3-4-6-17(16)22(13)15-9-7-14(8-10-15)18-19-11-12-20-18/h3-10H,1,11-12H2,2H3,(H,19,20). The molecular weight excluding hydrogens is 272 g/mol. The molecule has 4 rings (SSSR count). The molecular formula is C18H18N4. The summed E-state index contributed by atoms with van der Waals surface area (Å²) in [7, 11) is 2.05. The second kappa shape index (κ2) is 4.91. The van der Waals surface area contributed by atoms with Crippen LogP contribution in [-0.2, 0) is 0 Å². The highest BCUT2D eigenvalue weighted by Crippen LogP contribution is 2.44. The van der Waals surface area contributed by atoms with Crippen molar-refractivity contribution < 1.29 is 0 Å². The van der Waals surface area contributed by atoms with Crippen molar-refractivity contribution in [3.8, 4) is 0 Å². The molecule has 0 bridgehead atoms. The first kappa shape index (κ1) is 13.0. The number of anilines is 3. The molecule has 110 valence electrons. The van der Waals surface area contributed by atoms with Crippen molar-refractivity contribution in [2.75, 3.05) is 29.9 Å². The van der Waals surface area contributed by atoms with Crippen molar-refractivity contribution in [3.63, 3.8) is 0 Å². The molecule has 2 heterocycles. The highest BCUT2D eigenvalue weighted by Gasteiger charge is 2.28. The van der Waals surface area contributed by atoms with E-state index in [1.165, 1.54) is 11.4 Å². The maximum Gasteiger partial charge on any atom is 0.128 e. The summed E-state index contributed by atoms with van der Waals surface area (Å²) in [6.45, 7) is 6.01. The predicted molar refractivity (Wildman–Crippen MR) is 92.0 cm³/mol. The SMILES string of the molecule is C=C1N(C)c2ccccc2N1c1ccc(C2=NCCN2)cc1. The summed E-state index contributed by atoms with van der Waals surface area (Å²) in [6, 6.07) is 16.8. The topological polar surface area (TPSA) is 30.9 Å². The molecule has 2 aromatic rings. The van der Waals surface area contributed by atoms with Gasteiger partial charge in [0, 0.05) is 24.8 Å². The number of nitrogens with zero attached hydrogens (tertiary/aromatic N) is 3. The number of aliphatic imine (C=N–C) groups is 1. The lowest BCUT2D eigenvalue weighted by molar-refractivity contribution is 0.960. The van der Waals surface area contributed by atoms with E-state index in [4.69, 9.17) is 0 Å². The number of amidine groups is 1. The van der Waals surface area contributed by atoms with Crippen LogP contribution in [0.3, 0.4) is 0 Å². The second-order valence-electron chi connectivity index (χ2n) is 5.50. The zero-order chi connectivity index (χ0) is 15.1. The summed E-state index contributed by atoms with van der Waals surface area (Å²) >= 11 is 0. The molecule has 0 saturated carbocycles. The molecule has 1 N–H and O–H groups in total. The number of rotatable bonds is 2. The zero-order valence-corrected chi connectivity index (χ0v) is 12.6. The maximum absolute atomic E-state index is 4.46. The minimum absolute atomic E-state index is 0.859. The first-order chi connectivity index (χ1) is 10.8. The van der Waals surface area contributed by atoms with Gasteiger partial charge in [-0.05, 0) is 36.4 Å². The van der Waals surface area contributed by atoms with Crippen molar-refractivity contribution in [2.24, 2.45) is 4.99 Å². The monoisotopic (exact) mass is 290 g/mol. The van der Waals surface area contributed by atoms with Gasteiger partial charge in [-0.25, -0.2) is 0 Å². The number of benzene rings is 2. The molecule has 2 aliphatic heterocycles. The van der Waals surface area contributed by atoms with E-state index in [9.17, 15) is 0 Å². The molecule has 0 radical (unpaired) electrons. The quantitative estimate of drug-likeness (QED) is 0.922. The second-order valence-corrected chi connectivity index (χ2v) is 5.50. The van der Waals surface area contributed by atoms with Gasteiger partial charge in [0.2, 0.25) is 0 Å². The molecule has 0 unspecified atom stereocenters. The lowest BCUT2D eigenvalue weighted by Crippen LogP contribution is -2.21. The Balaban J connectivity index is 1.71. The van der Waals surface area contributed by atoms with Crippen LogP contribution in [0, 0.1) is 0 Å². The third kappa shape index (κ3) is 1.88. The fourth-order valence-electron chi connectivity index (χ4n) is 3.01. The van der Waals surface area contributed by atoms with E-state index in [2.05, 4.69) is 75.2 Å². The molecule has 2 aromatic carbocycles. The first-order valence-electron chi connectivity index (χ1n) is 7.46. The summed E-state index contributed by atoms with van der Waals surface area (Å²) in [5.41, 5.74) is 4.59. The van der Waals surface area contributed by atoms with Crippen molar-refractivity contribution in [1.29, 1.82) is 0 Å². The Kier molecular flexibility index (Phi) is 2.89. The van der Waals surface area contributed by atoms with Crippen molar-refractivity contribution >= 4 is 22.9 Å². The van der Waals surface area contributed by atoms with Crippen LogP contribution >= 0.6 is 0 Å². The number of para-hydroxylation sites is 2. The molecule has 0 aromatic heterocycles. The molecule has 0 amide bonds. The third-order valence-electron chi connectivity index (χ3n) is 4.20. The van der Waals surface area contributed by atoms with E-state index >= 15 is 0 Å². The van der Waals surface area contributed by atoms with Crippen molar-refractivity contribution in [2.45, 2.75) is 0 Å². The van der Waals surface area contributed by atoms with E-state index in [0.29, 0.717) is 0 Å². The average Bonchev–Trinajstić information content (AvgIpc) is 3.17. The van der Waals surface area contributed by atoms with Gasteiger partial charge in [-0.15, -0.1) is 0 Å². The lowest BCUT2D eigenvalue weighted by Gasteiger charge is -2.22. The molecule has 0 saturated heterocycles. The minimum atomic E-state index is 0.859. The van der Waals surface area contributed by atoms with Gasteiger partial charge in [0.25, 0.3) is 0 Å². The Labute approximate surface area is 130 Å². The summed E-state index contributed by atoms with van der Waals surface area (Å²) < 4.78 is 0. The number of hydrogen-bond acceptors (Lipinski definition) is 4. The largest absolute Gasteiger partial charge is 0.368 e. The predicted octanol–water partition coefficient (Wildman–Crippen LogP) is 3.10. The molecule has 0 spiro atoms. The van der Waals surface area contributed by atoms with E-state index < -0.39 is 0 Å². The molecule has 0 fully saturated rings. The first-order valence-corrected chi connectivity index (χ1v) is 7.46. The van der Waals surface area contributed by atoms with Crippen LogP contribution in [0.25, 0.3) is 0 Å². The van der Waals surface area contributed by atoms with Crippen LogP contribution in [-0.4, -0.2) is 26.0 Å². The zero-order valence-electron chi connectivity index (χ0n) is 12.6. The van der Waals surface area contributed by atoms with Gasteiger partial charge in [0.05, 0.1) is 17.9 Å². The van der Waals surface area contributed by atoms with Crippen LogP contribution in [0.2, 0.25) is 0 Å². The molecule has 4 nitrogen and oxygen atoms in total. The lowest BCUT2D eigenvalue weighted by atomic mass is 10.1. The summed E-state index contributed by atoms with van der Waals surface area (Å²) in [4.78, 5) is 8.76. The average molecular weight is 290 g/mol. The van der Waals surface area contributed by atoms with Gasteiger partial charge in [0.1, 0.15) is 11.7 Å². The maximum atomic E-state index is 4.46. The Morgan fingerprint density at radius 3 is 2.45 bits per heavy atom. The van der Waals surface area contributed by atoms with Crippen molar-refractivity contribution in [3.05, 3.63) is 66.5 Å². The fourth-order valence-corrected chi connectivity index (χ4v) is 3.01. The van der Waals surface area contributed by atoms with Gasteiger partial charge in [0.15, 0.2) is 0 Å². The van der Waals surface area contributed by atoms with E-state index in [1.54, 1.807) is 0 Å². The summed E-state index contributed by atoms with van der Waals surface area (Å²) in [5.74, 6) is 1.95. The van der Waals surface area contributed by atoms with Gasteiger partial charge in [-0.3, -0.25) is 9.89 Å². The van der Waals surface area contributed by atoms with E-state index in [-0.39, 0.29) is 0 Å². The Morgan fingerprint density at radius 2 is 1.77 bits per heavy atom. The number of hydrogen-bond donors (Lipinski definition) is 1. The van der Waals surface area contributed by atoms with Crippen LogP contribution in [0.4, 0.5) is 17.1 Å². The summed E-state index contributed by atoms with van der Waals surface area (Å²) in [5, 5.41) is 3.30. The Morgan fingerprint density at radius 1 is 1.05 bits per heavy atom. The fraction of sp³-hybridized carbons (Fsp3) is 0.167. The van der Waals surface area contributed by atoms with Gasteiger partial charge >= 0.3 is 0 Å². The Hall–Kier alpha value is -2.75. The van der Waals surface area contributed by atoms with Crippen LogP contribution in [0.5, 0.6) is 0 Å². The molecule has 4 heteroatoms.